The highest BCUT2D eigenvalue weighted by Gasteiger charge is 2.49. The third-order valence-electron chi connectivity index (χ3n) is 8.39. The van der Waals surface area contributed by atoms with Crippen molar-refractivity contribution in [1.29, 1.82) is 0 Å². The van der Waals surface area contributed by atoms with Gasteiger partial charge in [-0.25, -0.2) is 9.97 Å². The van der Waals surface area contributed by atoms with E-state index in [1.54, 1.807) is 22.7 Å². The molecule has 36 heavy (non-hydrogen) atoms. The Morgan fingerprint density at radius 3 is 1.44 bits per heavy atom. The molecule has 6 rings (SSSR count). The van der Waals surface area contributed by atoms with Crippen LogP contribution in [0.5, 0.6) is 0 Å². The van der Waals surface area contributed by atoms with Crippen LogP contribution in [0, 0.1) is 48.4 Å². The number of rotatable bonds is 0. The van der Waals surface area contributed by atoms with Gasteiger partial charge in [-0.1, -0.05) is 39.5 Å². The second-order valence-corrected chi connectivity index (χ2v) is 13.5. The molecule has 4 saturated carbocycles. The summed E-state index contributed by atoms with van der Waals surface area (Å²) in [6.45, 7) is 4.05. The second-order valence-electron chi connectivity index (χ2n) is 11.3. The first kappa shape index (κ1) is 28.9. The van der Waals surface area contributed by atoms with Gasteiger partial charge in [-0.2, -0.15) is 0 Å². The Kier molecular flexibility index (Phi) is 8.79. The number of hydrogen-bond acceptors (Lipinski definition) is 6. The van der Waals surface area contributed by atoms with Crippen LogP contribution in [0.4, 0.5) is 0 Å². The van der Waals surface area contributed by atoms with Gasteiger partial charge in [0, 0.05) is 32.7 Å². The Labute approximate surface area is 227 Å². The van der Waals surface area contributed by atoms with Crippen molar-refractivity contribution < 1.29 is 0 Å². The lowest BCUT2D eigenvalue weighted by Gasteiger charge is -2.33. The van der Waals surface area contributed by atoms with Crippen molar-refractivity contribution in [3.8, 4) is 23.7 Å². The summed E-state index contributed by atoms with van der Waals surface area (Å²) < 4.78 is 0. The maximum Gasteiger partial charge on any atom is 0.124 e. The molecule has 0 saturated heterocycles. The maximum atomic E-state index is 6.38. The summed E-state index contributed by atoms with van der Waals surface area (Å²) in [5.41, 5.74) is 15.2. The Morgan fingerprint density at radius 1 is 0.667 bits per heavy atom. The van der Waals surface area contributed by atoms with Gasteiger partial charge >= 0.3 is 0 Å². The van der Waals surface area contributed by atoms with E-state index in [-0.39, 0.29) is 36.8 Å². The van der Waals surface area contributed by atoms with E-state index in [2.05, 4.69) is 33.6 Å². The van der Waals surface area contributed by atoms with E-state index in [1.165, 1.54) is 51.4 Å². The zero-order valence-corrected chi connectivity index (χ0v) is 22.1. The lowest BCUT2D eigenvalue weighted by molar-refractivity contribution is 0.256. The van der Waals surface area contributed by atoms with Crippen LogP contribution >= 0.6 is 22.7 Å². The summed E-state index contributed by atoms with van der Waals surface area (Å²) in [5.74, 6) is 13.5. The molecule has 0 aliphatic heterocycles. The molecule has 0 radical (unpaired) electrons. The van der Waals surface area contributed by atoms with Gasteiger partial charge in [-0.05, 0) is 89.9 Å². The van der Waals surface area contributed by atoms with E-state index < -0.39 is 0 Å². The van der Waals surface area contributed by atoms with Gasteiger partial charge in [0.05, 0.1) is 10.0 Å². The van der Waals surface area contributed by atoms with Crippen molar-refractivity contribution in [1.82, 2.24) is 9.97 Å². The second kappa shape index (κ2) is 11.0. The van der Waals surface area contributed by atoms with Gasteiger partial charge in [-0.15, -0.1) is 22.7 Å². The van der Waals surface area contributed by atoms with E-state index in [0.717, 1.165) is 47.1 Å². The molecule has 4 atom stereocenters. The quantitative estimate of drug-likeness (QED) is 0.364. The molecule has 4 fully saturated rings. The molecule has 4 bridgehead atoms. The first-order chi connectivity index (χ1) is 16.2. The summed E-state index contributed by atoms with van der Waals surface area (Å²) in [5, 5.41) is 6.28. The highest BCUT2D eigenvalue weighted by Crippen LogP contribution is 2.53. The molecular formula is C30H44N4S2. The fourth-order valence-corrected chi connectivity index (χ4v) is 7.75. The van der Waals surface area contributed by atoms with Crippen molar-refractivity contribution in [3.63, 3.8) is 0 Å². The van der Waals surface area contributed by atoms with Crippen LogP contribution in [0.15, 0.2) is 10.8 Å². The van der Waals surface area contributed by atoms with Gasteiger partial charge in [0.15, 0.2) is 0 Å². The third-order valence-corrected chi connectivity index (χ3v) is 9.94. The first-order valence-electron chi connectivity index (χ1n) is 12.7. The molecule has 4 N–H and O–H groups in total. The zero-order valence-electron chi connectivity index (χ0n) is 20.5. The molecule has 4 aliphatic carbocycles. The van der Waals surface area contributed by atoms with Gasteiger partial charge in [0.25, 0.3) is 0 Å². The summed E-state index contributed by atoms with van der Waals surface area (Å²) in [6.07, 6.45) is 14.1. The standard InChI is InChI=1S/2C14H18N2S.2CH4/c2*1-11-16-12(9-17-11)3-6-13-4-2-5-14(15,10-13)8-7-13;;/h2*9H,2,4-5,7-8,10,15H2,1H3;2*1H4/t2*13-,14+;;/m10../s1. The van der Waals surface area contributed by atoms with Crippen molar-refractivity contribution in [3.05, 3.63) is 32.2 Å². The molecule has 6 heteroatoms. The van der Waals surface area contributed by atoms with Crippen LogP contribution in [-0.4, -0.2) is 21.0 Å². The number of thiazole rings is 2. The molecule has 4 nitrogen and oxygen atoms in total. The molecule has 0 spiro atoms. The van der Waals surface area contributed by atoms with Gasteiger partial charge in [0.2, 0.25) is 0 Å². The Balaban J connectivity index is 0.000000190. The fraction of sp³-hybridized carbons (Fsp3) is 0.667. The Morgan fingerprint density at radius 2 is 1.08 bits per heavy atom. The van der Waals surface area contributed by atoms with E-state index in [4.69, 9.17) is 11.5 Å². The molecule has 0 amide bonds. The number of aryl methyl sites for hydroxylation is 2. The van der Waals surface area contributed by atoms with Crippen molar-refractivity contribution in [2.24, 2.45) is 22.3 Å². The average molecular weight is 525 g/mol. The highest BCUT2D eigenvalue weighted by atomic mass is 32.1. The number of hydrogen-bond donors (Lipinski definition) is 2. The van der Waals surface area contributed by atoms with Crippen molar-refractivity contribution in [2.75, 3.05) is 0 Å². The van der Waals surface area contributed by atoms with Crippen molar-refractivity contribution >= 4 is 22.7 Å². The summed E-state index contributed by atoms with van der Waals surface area (Å²) >= 11 is 3.34. The lowest BCUT2D eigenvalue weighted by Crippen LogP contribution is -2.40. The van der Waals surface area contributed by atoms with E-state index in [0.29, 0.717) is 0 Å². The van der Waals surface area contributed by atoms with Gasteiger partial charge in [0.1, 0.15) is 11.4 Å². The van der Waals surface area contributed by atoms with Gasteiger partial charge < -0.3 is 11.5 Å². The average Bonchev–Trinajstić information content (AvgIpc) is 3.52. The number of fused-ring (bicyclic) bond motifs is 4. The minimum absolute atomic E-state index is 0. The van der Waals surface area contributed by atoms with Crippen LogP contribution < -0.4 is 11.5 Å². The van der Waals surface area contributed by atoms with Crippen LogP contribution in [0.1, 0.15) is 113 Å². The molecule has 0 aromatic carbocycles. The fourth-order valence-electron chi connectivity index (χ4n) is 6.66. The minimum atomic E-state index is 0. The zero-order chi connectivity index (χ0) is 23.9. The Bertz CT molecular complexity index is 1080. The maximum absolute atomic E-state index is 6.38. The normalized spacial score (nSPS) is 33.4. The molecule has 0 unspecified atom stereocenters. The van der Waals surface area contributed by atoms with Crippen LogP contribution in [0.25, 0.3) is 0 Å². The third kappa shape index (κ3) is 6.40. The summed E-state index contributed by atoms with van der Waals surface area (Å²) in [4.78, 5) is 8.81. The summed E-state index contributed by atoms with van der Waals surface area (Å²) in [6, 6.07) is 0. The predicted molar refractivity (Wildman–Crippen MR) is 155 cm³/mol. The minimum Gasteiger partial charge on any atom is -0.325 e. The van der Waals surface area contributed by atoms with E-state index in [9.17, 15) is 0 Å². The topological polar surface area (TPSA) is 77.8 Å². The van der Waals surface area contributed by atoms with Crippen LogP contribution in [-0.2, 0) is 0 Å². The van der Waals surface area contributed by atoms with Gasteiger partial charge in [-0.3, -0.25) is 0 Å². The number of aromatic nitrogens is 2. The van der Waals surface area contributed by atoms with E-state index >= 15 is 0 Å². The van der Waals surface area contributed by atoms with Crippen molar-refractivity contribution in [2.45, 2.75) is 117 Å². The molecule has 2 heterocycles. The molecule has 4 aliphatic rings. The molecule has 2 aromatic rings. The SMILES string of the molecule is C.C.Cc1nc(C#C[C@@]23CCC[C@@](N)(CC2)C3)cs1.Cc1nc(C#C[C@]23CCC[C@](N)(CC2)C3)cs1. The first-order valence-corrected chi connectivity index (χ1v) is 14.4. The van der Waals surface area contributed by atoms with Crippen LogP contribution in [0.2, 0.25) is 0 Å². The molecule has 2 aromatic heterocycles. The summed E-state index contributed by atoms with van der Waals surface area (Å²) in [7, 11) is 0. The smallest absolute Gasteiger partial charge is 0.124 e. The molecular weight excluding hydrogens is 480 g/mol. The highest BCUT2D eigenvalue weighted by molar-refractivity contribution is 7.09. The largest absolute Gasteiger partial charge is 0.325 e. The predicted octanol–water partition coefficient (Wildman–Crippen LogP) is 6.98. The van der Waals surface area contributed by atoms with Crippen LogP contribution in [0.3, 0.4) is 0 Å². The van der Waals surface area contributed by atoms with E-state index in [1.807, 2.05) is 24.6 Å². The molecule has 196 valence electrons. The lowest BCUT2D eigenvalue weighted by atomic mass is 9.74. The monoisotopic (exact) mass is 524 g/mol. The Hall–Kier alpha value is -1.70. The number of nitrogens with zero attached hydrogens (tertiary/aromatic N) is 2. The number of nitrogens with two attached hydrogens (primary N) is 2.